The van der Waals surface area contributed by atoms with E-state index in [1.165, 1.54) is 11.1 Å². The number of phenols is 1. The highest BCUT2D eigenvalue weighted by Gasteiger charge is 2.25. The molecule has 0 saturated carbocycles. The van der Waals surface area contributed by atoms with E-state index in [0.29, 0.717) is 11.8 Å². The molecule has 0 amide bonds. The van der Waals surface area contributed by atoms with Crippen molar-refractivity contribution in [1.29, 1.82) is 0 Å². The third kappa shape index (κ3) is 3.55. The molecule has 1 atom stereocenters. The zero-order valence-electron chi connectivity index (χ0n) is 14.5. The molecule has 0 bridgehead atoms. The van der Waals surface area contributed by atoms with Crippen LogP contribution in [-0.4, -0.2) is 36.8 Å². The monoisotopic (exact) mass is 326 g/mol. The van der Waals surface area contributed by atoms with Gasteiger partial charge in [0.2, 0.25) is 0 Å². The van der Waals surface area contributed by atoms with Crippen molar-refractivity contribution in [3.05, 3.63) is 59.2 Å². The molecule has 1 saturated heterocycles. The van der Waals surface area contributed by atoms with Gasteiger partial charge in [0.25, 0.3) is 0 Å². The maximum absolute atomic E-state index is 10.0. The fourth-order valence-corrected chi connectivity index (χ4v) is 3.39. The number of benzene rings is 2. The van der Waals surface area contributed by atoms with Crippen LogP contribution >= 0.6 is 0 Å². The Bertz CT molecular complexity index is 670. The number of nitrogens with zero attached hydrogens (tertiary/aromatic N) is 1. The van der Waals surface area contributed by atoms with Gasteiger partial charge in [0.1, 0.15) is 0 Å². The standard InChI is InChI=1S/C20H26N2O2/c1-3-15-7-9-16(10-8-15)18-13-21-11-12-22(18)14-17-5-4-6-19(23)20(17)24-2/h4-10,18,21,23H,3,11-14H2,1-2H3. The summed E-state index contributed by atoms with van der Waals surface area (Å²) in [5.41, 5.74) is 3.72. The van der Waals surface area contributed by atoms with Gasteiger partial charge in [-0.05, 0) is 23.6 Å². The topological polar surface area (TPSA) is 44.7 Å². The molecule has 128 valence electrons. The second kappa shape index (κ2) is 7.69. The quantitative estimate of drug-likeness (QED) is 0.886. The normalized spacial score (nSPS) is 18.5. The summed E-state index contributed by atoms with van der Waals surface area (Å²) in [5, 5.41) is 13.5. The predicted octanol–water partition coefficient (Wildman–Crippen LogP) is 3.11. The molecule has 24 heavy (non-hydrogen) atoms. The molecule has 1 aliphatic rings. The van der Waals surface area contributed by atoms with Gasteiger partial charge in [-0.3, -0.25) is 4.90 Å². The largest absolute Gasteiger partial charge is 0.504 e. The number of methoxy groups -OCH3 is 1. The molecular weight excluding hydrogens is 300 g/mol. The number of aromatic hydroxyl groups is 1. The first kappa shape index (κ1) is 16.8. The lowest BCUT2D eigenvalue weighted by atomic mass is 10.00. The summed E-state index contributed by atoms with van der Waals surface area (Å²) < 4.78 is 5.40. The van der Waals surface area contributed by atoms with Crippen molar-refractivity contribution in [1.82, 2.24) is 10.2 Å². The summed E-state index contributed by atoms with van der Waals surface area (Å²) in [6.07, 6.45) is 1.06. The van der Waals surface area contributed by atoms with Gasteiger partial charge in [0, 0.05) is 37.8 Å². The molecule has 1 fully saturated rings. The molecule has 2 aromatic rings. The van der Waals surface area contributed by atoms with Crippen LogP contribution in [0.25, 0.3) is 0 Å². The summed E-state index contributed by atoms with van der Waals surface area (Å²) in [5.74, 6) is 0.782. The molecule has 4 heteroatoms. The fourth-order valence-electron chi connectivity index (χ4n) is 3.39. The van der Waals surface area contributed by atoms with Crippen LogP contribution in [0.1, 0.15) is 29.7 Å². The first-order chi connectivity index (χ1) is 11.7. The second-order valence-corrected chi connectivity index (χ2v) is 6.26. The van der Waals surface area contributed by atoms with Crippen molar-refractivity contribution >= 4 is 0 Å². The third-order valence-corrected chi connectivity index (χ3v) is 4.78. The molecular formula is C20H26N2O2. The highest BCUT2D eigenvalue weighted by molar-refractivity contribution is 5.45. The van der Waals surface area contributed by atoms with E-state index in [9.17, 15) is 5.11 Å². The van der Waals surface area contributed by atoms with E-state index in [2.05, 4.69) is 41.4 Å². The zero-order chi connectivity index (χ0) is 16.9. The Morgan fingerprint density at radius 3 is 2.71 bits per heavy atom. The Balaban J connectivity index is 1.83. The van der Waals surface area contributed by atoms with Crippen LogP contribution in [0.15, 0.2) is 42.5 Å². The molecule has 2 aromatic carbocycles. The number of nitrogens with one attached hydrogen (secondary N) is 1. The summed E-state index contributed by atoms with van der Waals surface area (Å²) in [6, 6.07) is 14.8. The van der Waals surface area contributed by atoms with Gasteiger partial charge in [0.05, 0.1) is 7.11 Å². The Labute approximate surface area is 144 Å². The minimum atomic E-state index is 0.203. The van der Waals surface area contributed by atoms with Crippen LogP contribution in [0.2, 0.25) is 0 Å². The molecule has 0 aliphatic carbocycles. The highest BCUT2D eigenvalue weighted by Crippen LogP contribution is 2.33. The lowest BCUT2D eigenvalue weighted by Gasteiger charge is -2.37. The van der Waals surface area contributed by atoms with Crippen molar-refractivity contribution in [3.8, 4) is 11.5 Å². The van der Waals surface area contributed by atoms with Crippen LogP contribution in [0.4, 0.5) is 0 Å². The Kier molecular flexibility index (Phi) is 5.38. The van der Waals surface area contributed by atoms with Crippen molar-refractivity contribution in [2.75, 3.05) is 26.7 Å². The van der Waals surface area contributed by atoms with Crippen LogP contribution in [-0.2, 0) is 13.0 Å². The van der Waals surface area contributed by atoms with E-state index in [1.54, 1.807) is 13.2 Å². The van der Waals surface area contributed by atoms with Crippen molar-refractivity contribution in [2.24, 2.45) is 0 Å². The van der Waals surface area contributed by atoms with Gasteiger partial charge in [-0.1, -0.05) is 43.3 Å². The van der Waals surface area contributed by atoms with Crippen LogP contribution < -0.4 is 10.1 Å². The zero-order valence-corrected chi connectivity index (χ0v) is 14.5. The van der Waals surface area contributed by atoms with Gasteiger partial charge in [-0.15, -0.1) is 0 Å². The van der Waals surface area contributed by atoms with E-state index in [1.807, 2.05) is 12.1 Å². The Hall–Kier alpha value is -2.04. The number of hydrogen-bond donors (Lipinski definition) is 2. The third-order valence-electron chi connectivity index (χ3n) is 4.78. The molecule has 0 aromatic heterocycles. The SMILES string of the molecule is CCc1ccc(C2CNCCN2Cc2cccc(O)c2OC)cc1. The van der Waals surface area contributed by atoms with Gasteiger partial charge >= 0.3 is 0 Å². The van der Waals surface area contributed by atoms with Crippen LogP contribution in [0.5, 0.6) is 11.5 Å². The minimum Gasteiger partial charge on any atom is -0.504 e. The number of phenolic OH excluding ortho intramolecular Hbond substituents is 1. The second-order valence-electron chi connectivity index (χ2n) is 6.26. The summed E-state index contributed by atoms with van der Waals surface area (Å²) in [6.45, 7) is 5.83. The smallest absolute Gasteiger partial charge is 0.164 e. The average Bonchev–Trinajstić information content (AvgIpc) is 2.62. The van der Waals surface area contributed by atoms with E-state index >= 15 is 0 Å². The van der Waals surface area contributed by atoms with Crippen LogP contribution in [0.3, 0.4) is 0 Å². The number of aryl methyl sites for hydroxylation is 1. The molecule has 2 N–H and O–H groups in total. The summed E-state index contributed by atoms with van der Waals surface area (Å²) in [4.78, 5) is 2.45. The first-order valence-electron chi connectivity index (χ1n) is 8.61. The van der Waals surface area contributed by atoms with Crippen molar-refractivity contribution in [2.45, 2.75) is 25.9 Å². The number of ether oxygens (including phenoxy) is 1. The molecule has 4 nitrogen and oxygen atoms in total. The lowest BCUT2D eigenvalue weighted by Crippen LogP contribution is -2.45. The minimum absolute atomic E-state index is 0.203. The highest BCUT2D eigenvalue weighted by atomic mass is 16.5. The van der Waals surface area contributed by atoms with Gasteiger partial charge < -0.3 is 15.2 Å². The van der Waals surface area contributed by atoms with Gasteiger partial charge in [0.15, 0.2) is 11.5 Å². The van der Waals surface area contributed by atoms with E-state index in [0.717, 1.165) is 38.2 Å². The summed E-state index contributed by atoms with van der Waals surface area (Å²) in [7, 11) is 1.61. The average molecular weight is 326 g/mol. The number of piperazine rings is 1. The van der Waals surface area contributed by atoms with E-state index in [-0.39, 0.29) is 5.75 Å². The van der Waals surface area contributed by atoms with Gasteiger partial charge in [-0.25, -0.2) is 0 Å². The van der Waals surface area contributed by atoms with Crippen LogP contribution in [0, 0.1) is 0 Å². The van der Waals surface area contributed by atoms with E-state index in [4.69, 9.17) is 4.74 Å². The van der Waals surface area contributed by atoms with Gasteiger partial charge in [-0.2, -0.15) is 0 Å². The van der Waals surface area contributed by atoms with Crippen molar-refractivity contribution < 1.29 is 9.84 Å². The molecule has 0 spiro atoms. The summed E-state index contributed by atoms with van der Waals surface area (Å²) >= 11 is 0. The van der Waals surface area contributed by atoms with E-state index < -0.39 is 0 Å². The molecule has 1 unspecified atom stereocenters. The number of hydrogen-bond acceptors (Lipinski definition) is 4. The predicted molar refractivity (Wildman–Crippen MR) is 96.5 cm³/mol. The fraction of sp³-hybridized carbons (Fsp3) is 0.400. The molecule has 1 aliphatic heterocycles. The number of para-hydroxylation sites is 1. The Morgan fingerprint density at radius 1 is 1.21 bits per heavy atom. The molecule has 0 radical (unpaired) electrons. The van der Waals surface area contributed by atoms with Crippen molar-refractivity contribution in [3.63, 3.8) is 0 Å². The molecule has 1 heterocycles. The number of rotatable bonds is 5. The maximum atomic E-state index is 10.0. The maximum Gasteiger partial charge on any atom is 0.164 e. The molecule has 3 rings (SSSR count). The lowest BCUT2D eigenvalue weighted by molar-refractivity contribution is 0.152. The Morgan fingerprint density at radius 2 is 2.00 bits per heavy atom. The first-order valence-corrected chi connectivity index (χ1v) is 8.61.